The van der Waals surface area contributed by atoms with E-state index in [2.05, 4.69) is 180 Å². The predicted octanol–water partition coefficient (Wildman–Crippen LogP) is 13.5. The fraction of sp³-hybridized carbons (Fsp3) is 0. The summed E-state index contributed by atoms with van der Waals surface area (Å²) in [6, 6.07) is 73.5. The van der Waals surface area contributed by atoms with Crippen LogP contribution in [-0.2, 0) is 21.1 Å². The number of fused-ring (bicyclic) bond motifs is 8. The van der Waals surface area contributed by atoms with Crippen molar-refractivity contribution in [3.63, 3.8) is 0 Å². The molecule has 9 aromatic rings. The van der Waals surface area contributed by atoms with Crippen LogP contribution in [0, 0.1) is 12.1 Å². The molecule has 1 aliphatic rings. The average Bonchev–Trinajstić information content (AvgIpc) is 3.27. The first kappa shape index (κ1) is 35.1. The Bertz CT molecular complexity index is 2830. The Balaban J connectivity index is 0.00000410. The molecule has 4 heteroatoms. The summed E-state index contributed by atoms with van der Waals surface area (Å²) in [6.07, 6.45) is 3.72. The third-order valence-electron chi connectivity index (χ3n) is 10.3. The van der Waals surface area contributed by atoms with Crippen LogP contribution >= 0.6 is 0 Å². The molecule has 0 fully saturated rings. The van der Waals surface area contributed by atoms with Crippen LogP contribution in [0.4, 0.5) is 17.1 Å². The van der Waals surface area contributed by atoms with Gasteiger partial charge >= 0.3 is 21.1 Å². The van der Waals surface area contributed by atoms with E-state index in [0.717, 1.165) is 50.7 Å². The molecular weight excluding hydrogens is 862 g/mol. The molecule has 2 heterocycles. The Hall–Kier alpha value is -6.67. The molecule has 10 rings (SSSR count). The van der Waals surface area contributed by atoms with Gasteiger partial charge < -0.3 is 14.9 Å². The largest absolute Gasteiger partial charge is 2.00 e. The Morgan fingerprint density at radius 1 is 0.339 bits per heavy atom. The van der Waals surface area contributed by atoms with Crippen molar-refractivity contribution in [1.82, 2.24) is 9.97 Å². The Morgan fingerprint density at radius 2 is 0.821 bits per heavy atom. The summed E-state index contributed by atoms with van der Waals surface area (Å²) in [5.41, 5.74) is 18.5. The maximum absolute atomic E-state index is 4.87. The van der Waals surface area contributed by atoms with Gasteiger partial charge in [-0.1, -0.05) is 121 Å². The zero-order valence-electron chi connectivity index (χ0n) is 30.2. The van der Waals surface area contributed by atoms with Gasteiger partial charge in [0.25, 0.3) is 0 Å². The van der Waals surface area contributed by atoms with E-state index in [1.54, 1.807) is 0 Å². The molecule has 0 unspecified atom stereocenters. The Morgan fingerprint density at radius 3 is 1.39 bits per heavy atom. The number of benzene rings is 7. The second-order valence-corrected chi connectivity index (χ2v) is 13.6. The zero-order chi connectivity index (χ0) is 36.6. The third kappa shape index (κ3) is 6.47. The molecule has 0 spiro atoms. The minimum Gasteiger partial charge on any atom is -0.346 e. The van der Waals surface area contributed by atoms with Crippen LogP contribution in [0.2, 0.25) is 0 Å². The van der Waals surface area contributed by atoms with Gasteiger partial charge in [-0.15, -0.1) is 59.7 Å². The zero-order valence-corrected chi connectivity index (χ0v) is 32.5. The van der Waals surface area contributed by atoms with E-state index in [1.807, 2.05) is 42.7 Å². The van der Waals surface area contributed by atoms with Crippen molar-refractivity contribution in [2.75, 3.05) is 4.90 Å². The first-order valence-corrected chi connectivity index (χ1v) is 18.5. The SMILES string of the molecule is [Pt+2].[c-]1c(-c2ccccn2)cccc1N(c1[c-]c(-c2cc(-c3ccc4c(c3)-c3ccccc3-c3ccccc3-c3ccccc3-4)ccn2)ccc1)c1ccccc1. The van der Waals surface area contributed by atoms with Crippen molar-refractivity contribution in [1.29, 1.82) is 0 Å². The molecule has 0 bridgehead atoms. The van der Waals surface area contributed by atoms with Gasteiger partial charge in [-0.05, 0) is 109 Å². The van der Waals surface area contributed by atoms with Gasteiger partial charge in [0.05, 0.1) is 0 Å². The van der Waals surface area contributed by atoms with Crippen molar-refractivity contribution < 1.29 is 21.1 Å². The fourth-order valence-corrected chi connectivity index (χ4v) is 7.78. The monoisotopic (exact) mass is 894 g/mol. The van der Waals surface area contributed by atoms with Gasteiger partial charge in [0, 0.05) is 18.1 Å². The summed E-state index contributed by atoms with van der Waals surface area (Å²) < 4.78 is 0. The molecule has 0 atom stereocenters. The van der Waals surface area contributed by atoms with Crippen LogP contribution in [-0.4, -0.2) is 9.97 Å². The Kier molecular flexibility index (Phi) is 9.53. The number of aromatic nitrogens is 2. The number of pyridine rings is 2. The smallest absolute Gasteiger partial charge is 0.346 e. The summed E-state index contributed by atoms with van der Waals surface area (Å²) >= 11 is 0. The normalized spacial score (nSPS) is 11.1. The standard InChI is InChI=1S/C52H33N3.Pt/c1-2-16-40(17-3-1)55(41-18-12-14-38(32-41)51-26-10-11-30-53-51)42-19-13-15-39(33-42)52-35-37(29-31-54-52)36-27-28-49-47-24-7-6-22-45(47)43-20-4-5-21-44(43)46-23-8-9-25-48(46)50(49)34-36;/h1-31,34-35H;/q-2;+2. The van der Waals surface area contributed by atoms with E-state index in [4.69, 9.17) is 4.98 Å². The quantitative estimate of drug-likeness (QED) is 0.156. The topological polar surface area (TPSA) is 29.0 Å². The maximum Gasteiger partial charge on any atom is 2.00 e. The second kappa shape index (κ2) is 15.2. The van der Waals surface area contributed by atoms with Crippen LogP contribution in [0.15, 0.2) is 200 Å². The van der Waals surface area contributed by atoms with E-state index in [0.29, 0.717) is 0 Å². The summed E-state index contributed by atoms with van der Waals surface area (Å²) in [6.45, 7) is 0. The minimum atomic E-state index is 0. The fourth-order valence-electron chi connectivity index (χ4n) is 7.78. The molecule has 0 saturated carbocycles. The molecule has 1 aliphatic carbocycles. The van der Waals surface area contributed by atoms with E-state index in [1.165, 1.54) is 44.5 Å². The van der Waals surface area contributed by atoms with Gasteiger partial charge in [0.1, 0.15) is 0 Å². The van der Waals surface area contributed by atoms with Gasteiger partial charge in [0.2, 0.25) is 0 Å². The van der Waals surface area contributed by atoms with Crippen molar-refractivity contribution in [3.8, 4) is 78.1 Å². The van der Waals surface area contributed by atoms with Crippen LogP contribution in [0.25, 0.3) is 78.1 Å². The predicted molar refractivity (Wildman–Crippen MR) is 226 cm³/mol. The average molecular weight is 895 g/mol. The van der Waals surface area contributed by atoms with Crippen LogP contribution in [0.3, 0.4) is 0 Å². The molecule has 3 nitrogen and oxygen atoms in total. The molecule has 56 heavy (non-hydrogen) atoms. The third-order valence-corrected chi connectivity index (χ3v) is 10.3. The minimum absolute atomic E-state index is 0. The molecule has 7 aromatic carbocycles. The molecule has 0 amide bonds. The summed E-state index contributed by atoms with van der Waals surface area (Å²) in [4.78, 5) is 11.6. The van der Waals surface area contributed by atoms with Gasteiger partial charge in [-0.25, -0.2) is 0 Å². The van der Waals surface area contributed by atoms with Crippen LogP contribution in [0.5, 0.6) is 0 Å². The van der Waals surface area contributed by atoms with Gasteiger partial charge in [0.15, 0.2) is 0 Å². The molecule has 0 saturated heterocycles. The number of para-hydroxylation sites is 1. The number of hydrogen-bond acceptors (Lipinski definition) is 3. The van der Waals surface area contributed by atoms with E-state index < -0.39 is 0 Å². The van der Waals surface area contributed by atoms with Crippen LogP contribution in [0.1, 0.15) is 0 Å². The first-order chi connectivity index (χ1) is 27.3. The van der Waals surface area contributed by atoms with Crippen LogP contribution < -0.4 is 4.90 Å². The second-order valence-electron chi connectivity index (χ2n) is 13.6. The van der Waals surface area contributed by atoms with Gasteiger partial charge in [-0.2, -0.15) is 0 Å². The Labute approximate surface area is 341 Å². The van der Waals surface area contributed by atoms with E-state index in [-0.39, 0.29) is 21.1 Å². The summed E-state index contributed by atoms with van der Waals surface area (Å²) in [7, 11) is 0. The van der Waals surface area contributed by atoms with Crippen molar-refractivity contribution in [3.05, 3.63) is 213 Å². The van der Waals surface area contributed by atoms with Crippen molar-refractivity contribution in [2.45, 2.75) is 0 Å². The first-order valence-electron chi connectivity index (χ1n) is 18.5. The number of hydrogen-bond donors (Lipinski definition) is 0. The molecule has 0 radical (unpaired) electrons. The molecular formula is C52H33N3Pt. The molecule has 2 aromatic heterocycles. The van der Waals surface area contributed by atoms with Crippen molar-refractivity contribution >= 4 is 17.1 Å². The number of rotatable bonds is 6. The van der Waals surface area contributed by atoms with Gasteiger partial charge in [-0.3, -0.25) is 0 Å². The maximum atomic E-state index is 4.87. The van der Waals surface area contributed by atoms with Crippen molar-refractivity contribution in [2.24, 2.45) is 0 Å². The van der Waals surface area contributed by atoms with E-state index >= 15 is 0 Å². The number of nitrogens with zero attached hydrogens (tertiary/aromatic N) is 3. The summed E-state index contributed by atoms with van der Waals surface area (Å²) in [5, 5.41) is 0. The molecule has 266 valence electrons. The molecule has 0 N–H and O–H groups in total. The molecule has 0 aliphatic heterocycles. The summed E-state index contributed by atoms with van der Waals surface area (Å²) in [5.74, 6) is 0. The number of anilines is 3. The van der Waals surface area contributed by atoms with E-state index in [9.17, 15) is 0 Å².